The number of piperazine rings is 1. The van der Waals surface area contributed by atoms with Crippen molar-refractivity contribution >= 4 is 0 Å². The molecule has 3 rings (SSSR count). The maximum atomic E-state index is 5.58. The number of rotatable bonds is 4. The monoisotopic (exact) mass is 253 g/mol. The Bertz CT molecular complexity index is 274. The number of hydrogen-bond acceptors (Lipinski definition) is 4. The van der Waals surface area contributed by atoms with Gasteiger partial charge >= 0.3 is 0 Å². The van der Waals surface area contributed by atoms with Gasteiger partial charge in [-0.25, -0.2) is 0 Å². The Morgan fingerprint density at radius 3 is 2.56 bits per heavy atom. The van der Waals surface area contributed by atoms with Crippen LogP contribution in [0.4, 0.5) is 0 Å². The van der Waals surface area contributed by atoms with Gasteiger partial charge in [-0.05, 0) is 38.9 Å². The van der Waals surface area contributed by atoms with Gasteiger partial charge < -0.3 is 19.9 Å². The second-order valence-electron chi connectivity index (χ2n) is 6.44. The second-order valence-corrected chi connectivity index (χ2v) is 6.44. The smallest absolute Gasteiger partial charge is 0.0548 e. The van der Waals surface area contributed by atoms with Crippen LogP contribution in [0.15, 0.2) is 0 Å². The molecule has 1 unspecified atom stereocenters. The predicted octanol–water partition coefficient (Wildman–Crippen LogP) is 0.250. The molecule has 18 heavy (non-hydrogen) atoms. The lowest BCUT2D eigenvalue weighted by Gasteiger charge is -2.47. The van der Waals surface area contributed by atoms with Gasteiger partial charge in [-0.3, -0.25) is 0 Å². The van der Waals surface area contributed by atoms with Crippen molar-refractivity contribution in [2.24, 2.45) is 11.3 Å². The molecule has 3 saturated heterocycles. The Balaban J connectivity index is 1.52. The molecule has 0 aliphatic carbocycles. The molecule has 1 atom stereocenters. The summed E-state index contributed by atoms with van der Waals surface area (Å²) in [4.78, 5) is 5.10. The first kappa shape index (κ1) is 12.9. The first-order valence-corrected chi connectivity index (χ1v) is 7.48. The van der Waals surface area contributed by atoms with Gasteiger partial charge in [0.1, 0.15) is 0 Å². The van der Waals surface area contributed by atoms with Gasteiger partial charge in [0, 0.05) is 38.1 Å². The Morgan fingerprint density at radius 2 is 2.00 bits per heavy atom. The van der Waals surface area contributed by atoms with Crippen molar-refractivity contribution in [3.8, 4) is 0 Å². The highest BCUT2D eigenvalue weighted by atomic mass is 16.5. The molecule has 3 aliphatic heterocycles. The maximum absolute atomic E-state index is 5.58. The van der Waals surface area contributed by atoms with Crippen LogP contribution in [0.2, 0.25) is 0 Å². The van der Waals surface area contributed by atoms with Crippen molar-refractivity contribution < 1.29 is 4.74 Å². The van der Waals surface area contributed by atoms with E-state index in [1.807, 2.05) is 0 Å². The molecular weight excluding hydrogens is 226 g/mol. The van der Waals surface area contributed by atoms with E-state index in [9.17, 15) is 0 Å². The van der Waals surface area contributed by atoms with Crippen molar-refractivity contribution in [3.63, 3.8) is 0 Å². The topological polar surface area (TPSA) is 27.7 Å². The highest BCUT2D eigenvalue weighted by molar-refractivity contribution is 4.96. The summed E-state index contributed by atoms with van der Waals surface area (Å²) in [7, 11) is 2.25. The normalized spacial score (nSPS) is 33.5. The van der Waals surface area contributed by atoms with Crippen molar-refractivity contribution in [3.05, 3.63) is 0 Å². The summed E-state index contributed by atoms with van der Waals surface area (Å²) in [5.74, 6) is 0.874. The largest absolute Gasteiger partial charge is 0.380 e. The Kier molecular flexibility index (Phi) is 3.89. The average molecular weight is 253 g/mol. The van der Waals surface area contributed by atoms with E-state index in [0.717, 1.165) is 32.2 Å². The third-order valence-electron chi connectivity index (χ3n) is 5.17. The van der Waals surface area contributed by atoms with E-state index in [1.165, 1.54) is 45.6 Å². The van der Waals surface area contributed by atoms with E-state index in [4.69, 9.17) is 4.74 Å². The molecule has 0 amide bonds. The van der Waals surface area contributed by atoms with Gasteiger partial charge in [-0.1, -0.05) is 0 Å². The van der Waals surface area contributed by atoms with Gasteiger partial charge in [0.15, 0.2) is 0 Å². The lowest BCUT2D eigenvalue weighted by Crippen LogP contribution is -2.52. The molecule has 0 spiro atoms. The van der Waals surface area contributed by atoms with E-state index in [0.29, 0.717) is 5.41 Å². The average Bonchev–Trinajstić information content (AvgIpc) is 2.76. The van der Waals surface area contributed by atoms with Crippen LogP contribution in [0.3, 0.4) is 0 Å². The fraction of sp³-hybridized carbons (Fsp3) is 1.00. The van der Waals surface area contributed by atoms with Crippen molar-refractivity contribution in [1.29, 1.82) is 0 Å². The molecule has 4 nitrogen and oxygen atoms in total. The van der Waals surface area contributed by atoms with Crippen LogP contribution in [-0.4, -0.2) is 75.9 Å². The van der Waals surface area contributed by atoms with Crippen molar-refractivity contribution in [1.82, 2.24) is 15.1 Å². The quantitative estimate of drug-likeness (QED) is 0.777. The first-order chi connectivity index (χ1) is 8.78. The fourth-order valence-electron chi connectivity index (χ4n) is 3.70. The first-order valence-electron chi connectivity index (χ1n) is 7.48. The van der Waals surface area contributed by atoms with Gasteiger partial charge in [0.2, 0.25) is 0 Å². The zero-order valence-corrected chi connectivity index (χ0v) is 11.7. The Labute approximate surface area is 111 Å². The van der Waals surface area contributed by atoms with E-state index < -0.39 is 0 Å². The summed E-state index contributed by atoms with van der Waals surface area (Å²) in [6, 6.07) is 0. The minimum Gasteiger partial charge on any atom is -0.380 e. The Morgan fingerprint density at radius 1 is 1.22 bits per heavy atom. The van der Waals surface area contributed by atoms with Crippen LogP contribution in [0.1, 0.15) is 12.8 Å². The summed E-state index contributed by atoms with van der Waals surface area (Å²) >= 11 is 0. The summed E-state index contributed by atoms with van der Waals surface area (Å²) in [6.07, 6.45) is 2.72. The van der Waals surface area contributed by atoms with E-state index in [1.54, 1.807) is 0 Å². The van der Waals surface area contributed by atoms with Crippen LogP contribution in [0, 0.1) is 11.3 Å². The lowest BCUT2D eigenvalue weighted by atomic mass is 9.70. The minimum absolute atomic E-state index is 0.510. The summed E-state index contributed by atoms with van der Waals surface area (Å²) in [6.45, 7) is 10.6. The molecule has 0 bridgehead atoms. The van der Waals surface area contributed by atoms with Crippen molar-refractivity contribution in [2.75, 3.05) is 66.1 Å². The number of likely N-dealkylation sites (tertiary alicyclic amines) is 1. The summed E-state index contributed by atoms with van der Waals surface area (Å²) in [5, 5.41) is 3.43. The van der Waals surface area contributed by atoms with E-state index in [2.05, 4.69) is 22.2 Å². The van der Waals surface area contributed by atoms with E-state index >= 15 is 0 Å². The standard InChI is InChI=1S/C14H27N3O/c1-16-6-2-13(10-16)14(11-18-12-14)3-7-17-8-4-15-5-9-17/h13,15H,2-12H2,1H3. The molecule has 0 aromatic heterocycles. The van der Waals surface area contributed by atoms with Gasteiger partial charge in [-0.15, -0.1) is 0 Å². The molecule has 3 heterocycles. The number of nitrogens with zero attached hydrogens (tertiary/aromatic N) is 2. The molecule has 4 heteroatoms. The molecule has 3 aliphatic rings. The third kappa shape index (κ3) is 2.57. The number of hydrogen-bond donors (Lipinski definition) is 1. The van der Waals surface area contributed by atoms with Crippen LogP contribution < -0.4 is 5.32 Å². The van der Waals surface area contributed by atoms with Crippen LogP contribution in [0.5, 0.6) is 0 Å². The molecule has 0 radical (unpaired) electrons. The second kappa shape index (κ2) is 5.45. The molecule has 3 fully saturated rings. The number of ether oxygens (including phenoxy) is 1. The third-order valence-corrected chi connectivity index (χ3v) is 5.17. The summed E-state index contributed by atoms with van der Waals surface area (Å²) < 4.78 is 5.58. The van der Waals surface area contributed by atoms with Gasteiger partial charge in [-0.2, -0.15) is 0 Å². The lowest BCUT2D eigenvalue weighted by molar-refractivity contribution is -0.150. The zero-order chi connectivity index (χ0) is 12.4. The highest BCUT2D eigenvalue weighted by Gasteiger charge is 2.47. The molecular formula is C14H27N3O. The zero-order valence-electron chi connectivity index (χ0n) is 11.7. The van der Waals surface area contributed by atoms with Crippen LogP contribution >= 0.6 is 0 Å². The predicted molar refractivity (Wildman–Crippen MR) is 72.8 cm³/mol. The molecule has 0 saturated carbocycles. The van der Waals surface area contributed by atoms with Gasteiger partial charge in [0.25, 0.3) is 0 Å². The molecule has 0 aromatic carbocycles. The van der Waals surface area contributed by atoms with Gasteiger partial charge in [0.05, 0.1) is 13.2 Å². The van der Waals surface area contributed by atoms with Crippen molar-refractivity contribution in [2.45, 2.75) is 12.8 Å². The maximum Gasteiger partial charge on any atom is 0.0548 e. The Hall–Kier alpha value is -0.160. The van der Waals surface area contributed by atoms with Crippen LogP contribution in [0.25, 0.3) is 0 Å². The highest BCUT2D eigenvalue weighted by Crippen LogP contribution is 2.43. The molecule has 1 N–H and O–H groups in total. The van der Waals surface area contributed by atoms with E-state index in [-0.39, 0.29) is 0 Å². The molecule has 104 valence electrons. The molecule has 0 aromatic rings. The van der Waals surface area contributed by atoms with Crippen LogP contribution in [-0.2, 0) is 4.74 Å². The summed E-state index contributed by atoms with van der Waals surface area (Å²) in [5.41, 5.74) is 0.510. The minimum atomic E-state index is 0.510. The fourth-order valence-corrected chi connectivity index (χ4v) is 3.70. The number of nitrogens with one attached hydrogen (secondary N) is 1. The SMILES string of the molecule is CN1CCC(C2(CCN3CCNCC3)COC2)C1.